The Morgan fingerprint density at radius 2 is 1.68 bits per heavy atom. The summed E-state index contributed by atoms with van der Waals surface area (Å²) in [5.74, 6) is -1.77. The lowest BCUT2D eigenvalue weighted by Gasteiger charge is -2.35. The summed E-state index contributed by atoms with van der Waals surface area (Å²) in [4.78, 5) is 26.5. The van der Waals surface area contributed by atoms with Gasteiger partial charge in [-0.2, -0.15) is 4.31 Å². The van der Waals surface area contributed by atoms with E-state index in [0.29, 0.717) is 22.6 Å². The molecule has 0 unspecified atom stereocenters. The molecule has 1 aliphatic heterocycles. The number of amides is 1. The Morgan fingerprint density at radius 3 is 2.30 bits per heavy atom. The molecule has 0 bridgehead atoms. The Bertz CT molecular complexity index is 1440. The smallest absolute Gasteiger partial charge is 0.337 e. The first-order valence-electron chi connectivity index (χ1n) is 11.1. The number of carbonyl (C=O) groups excluding carboxylic acids is 1. The van der Waals surface area contributed by atoms with Gasteiger partial charge in [-0.3, -0.25) is 4.79 Å². The summed E-state index contributed by atoms with van der Waals surface area (Å²) in [5, 5.41) is 12.6. The van der Waals surface area contributed by atoms with Gasteiger partial charge in [0.2, 0.25) is 10.0 Å². The molecule has 0 atom stereocenters. The molecule has 0 aromatic heterocycles. The zero-order chi connectivity index (χ0) is 26.7. The SMILES string of the molecule is COc1ccc(C(=O)Nc2ccc(Br)cc2C(=O)O)cc1S(=O)(=O)N1CCN(c2ccc(Cl)cc2)CC1. The molecule has 9 nitrogen and oxygen atoms in total. The number of anilines is 2. The zero-order valence-electron chi connectivity index (χ0n) is 19.6. The number of piperazine rings is 1. The van der Waals surface area contributed by atoms with Gasteiger partial charge >= 0.3 is 5.97 Å². The van der Waals surface area contributed by atoms with Gasteiger partial charge in [0.1, 0.15) is 10.6 Å². The molecule has 0 aliphatic carbocycles. The first-order chi connectivity index (χ1) is 17.6. The van der Waals surface area contributed by atoms with Crippen molar-refractivity contribution in [3.05, 3.63) is 81.3 Å². The average molecular weight is 609 g/mol. The number of sulfonamides is 1. The number of aromatic carboxylic acids is 1. The van der Waals surface area contributed by atoms with Gasteiger partial charge in [-0.05, 0) is 60.7 Å². The molecule has 37 heavy (non-hydrogen) atoms. The zero-order valence-corrected chi connectivity index (χ0v) is 22.8. The number of methoxy groups -OCH3 is 1. The maximum Gasteiger partial charge on any atom is 0.337 e. The molecule has 3 aromatic carbocycles. The van der Waals surface area contributed by atoms with Crippen molar-refractivity contribution >= 4 is 60.8 Å². The monoisotopic (exact) mass is 607 g/mol. The lowest BCUT2D eigenvalue weighted by Crippen LogP contribution is -2.48. The second kappa shape index (κ2) is 11.1. The Balaban J connectivity index is 1.56. The van der Waals surface area contributed by atoms with Crippen molar-refractivity contribution in [3.8, 4) is 5.75 Å². The fourth-order valence-corrected chi connectivity index (χ4v) is 6.08. The predicted molar refractivity (Wildman–Crippen MR) is 144 cm³/mol. The molecule has 1 saturated heterocycles. The van der Waals surface area contributed by atoms with Crippen LogP contribution in [0.1, 0.15) is 20.7 Å². The van der Waals surface area contributed by atoms with Gasteiger partial charge in [0.25, 0.3) is 5.91 Å². The van der Waals surface area contributed by atoms with Crippen LogP contribution in [0.3, 0.4) is 0 Å². The first-order valence-corrected chi connectivity index (χ1v) is 13.7. The summed E-state index contributed by atoms with van der Waals surface area (Å²) < 4.78 is 34.3. The molecule has 12 heteroatoms. The molecule has 0 spiro atoms. The number of carbonyl (C=O) groups is 2. The van der Waals surface area contributed by atoms with Crippen LogP contribution in [0.2, 0.25) is 5.02 Å². The highest BCUT2D eigenvalue weighted by atomic mass is 79.9. The normalized spacial score (nSPS) is 14.3. The van der Waals surface area contributed by atoms with E-state index in [-0.39, 0.29) is 40.5 Å². The summed E-state index contributed by atoms with van der Waals surface area (Å²) in [5.41, 5.74) is 0.965. The number of hydrogen-bond donors (Lipinski definition) is 2. The van der Waals surface area contributed by atoms with Crippen molar-refractivity contribution in [2.75, 3.05) is 43.5 Å². The van der Waals surface area contributed by atoms with E-state index >= 15 is 0 Å². The van der Waals surface area contributed by atoms with Crippen LogP contribution in [0.5, 0.6) is 5.75 Å². The number of ether oxygens (including phenoxy) is 1. The highest BCUT2D eigenvalue weighted by Crippen LogP contribution is 2.30. The van der Waals surface area contributed by atoms with Crippen LogP contribution in [0.15, 0.2) is 70.0 Å². The van der Waals surface area contributed by atoms with Crippen LogP contribution in [-0.4, -0.2) is 63.0 Å². The molecular weight excluding hydrogens is 586 g/mol. The fraction of sp³-hybridized carbons (Fsp3) is 0.200. The lowest BCUT2D eigenvalue weighted by atomic mass is 10.1. The summed E-state index contributed by atoms with van der Waals surface area (Å²) in [7, 11) is -2.64. The van der Waals surface area contributed by atoms with Crippen LogP contribution >= 0.6 is 27.5 Å². The number of hydrogen-bond acceptors (Lipinski definition) is 6. The average Bonchev–Trinajstić information content (AvgIpc) is 2.89. The molecule has 3 aromatic rings. The van der Waals surface area contributed by atoms with Crippen LogP contribution in [0.4, 0.5) is 11.4 Å². The van der Waals surface area contributed by atoms with Crippen molar-refractivity contribution in [1.29, 1.82) is 0 Å². The maximum absolute atomic E-state index is 13.6. The molecule has 194 valence electrons. The van der Waals surface area contributed by atoms with Gasteiger partial charge in [-0.25, -0.2) is 13.2 Å². The van der Waals surface area contributed by atoms with Gasteiger partial charge in [0.05, 0.1) is 18.4 Å². The quantitative estimate of drug-likeness (QED) is 0.404. The Morgan fingerprint density at radius 1 is 1.00 bits per heavy atom. The van der Waals surface area contributed by atoms with Gasteiger partial charge in [0, 0.05) is 46.9 Å². The topological polar surface area (TPSA) is 116 Å². The summed E-state index contributed by atoms with van der Waals surface area (Å²) >= 11 is 9.17. The number of rotatable bonds is 7. The molecule has 1 fully saturated rings. The molecule has 0 saturated carbocycles. The minimum Gasteiger partial charge on any atom is -0.495 e. The predicted octanol–water partition coefficient (Wildman–Crippen LogP) is 4.57. The molecular formula is C25H23BrClN3O6S. The molecule has 4 rings (SSSR count). The molecule has 1 amide bonds. The van der Waals surface area contributed by atoms with Gasteiger partial charge in [-0.15, -0.1) is 0 Å². The van der Waals surface area contributed by atoms with E-state index in [1.54, 1.807) is 18.2 Å². The van der Waals surface area contributed by atoms with Crippen molar-refractivity contribution in [2.24, 2.45) is 0 Å². The third-order valence-electron chi connectivity index (χ3n) is 5.93. The molecule has 2 N–H and O–H groups in total. The van der Waals surface area contributed by atoms with Crippen LogP contribution in [0, 0.1) is 0 Å². The van der Waals surface area contributed by atoms with E-state index in [0.717, 1.165) is 5.69 Å². The summed E-state index contributed by atoms with van der Waals surface area (Å²) in [6.45, 7) is 1.44. The number of halogens is 2. The minimum atomic E-state index is -3.99. The van der Waals surface area contributed by atoms with Crippen LogP contribution < -0.4 is 15.0 Å². The standard InChI is InChI=1S/C25H23BrClN3O6S/c1-36-22-9-2-16(24(31)28-21-8-3-17(26)15-20(21)25(32)33)14-23(22)37(34,35)30-12-10-29(11-13-30)19-6-4-18(27)5-7-19/h2-9,14-15H,10-13H2,1H3,(H,28,31)(H,32,33). The van der Waals surface area contributed by atoms with Gasteiger partial charge in [-0.1, -0.05) is 27.5 Å². The summed E-state index contributed by atoms with van der Waals surface area (Å²) in [6.07, 6.45) is 0. The largest absolute Gasteiger partial charge is 0.495 e. The molecule has 0 radical (unpaired) electrons. The second-order valence-corrected chi connectivity index (χ2v) is 11.4. The Labute approximate surface area is 227 Å². The number of nitrogens with one attached hydrogen (secondary N) is 1. The highest BCUT2D eigenvalue weighted by Gasteiger charge is 2.32. The number of carboxylic acid groups (broad SMARTS) is 1. The fourth-order valence-electron chi connectivity index (χ4n) is 3.99. The van der Waals surface area contributed by atoms with E-state index in [4.69, 9.17) is 16.3 Å². The summed E-state index contributed by atoms with van der Waals surface area (Å²) in [6, 6.07) is 15.8. The van der Waals surface area contributed by atoms with Crippen LogP contribution in [0.25, 0.3) is 0 Å². The minimum absolute atomic E-state index is 0.0402. The van der Waals surface area contributed by atoms with Crippen molar-refractivity contribution in [2.45, 2.75) is 4.90 Å². The third kappa shape index (κ3) is 5.90. The highest BCUT2D eigenvalue weighted by molar-refractivity contribution is 9.10. The number of carboxylic acids is 1. The first kappa shape index (κ1) is 26.9. The Hall–Kier alpha value is -3.12. The van der Waals surface area contributed by atoms with E-state index in [2.05, 4.69) is 26.1 Å². The van der Waals surface area contributed by atoms with E-state index < -0.39 is 21.9 Å². The van der Waals surface area contributed by atoms with Crippen LogP contribution in [-0.2, 0) is 10.0 Å². The van der Waals surface area contributed by atoms with Gasteiger partial charge < -0.3 is 20.1 Å². The Kier molecular flexibility index (Phi) is 8.08. The van der Waals surface area contributed by atoms with E-state index in [1.807, 2.05) is 12.1 Å². The number of benzene rings is 3. The lowest BCUT2D eigenvalue weighted by molar-refractivity contribution is 0.0698. The van der Waals surface area contributed by atoms with Crippen molar-refractivity contribution < 1.29 is 27.9 Å². The molecule has 1 heterocycles. The van der Waals surface area contributed by atoms with E-state index in [9.17, 15) is 23.1 Å². The van der Waals surface area contributed by atoms with E-state index in [1.165, 1.54) is 41.7 Å². The van der Waals surface area contributed by atoms with Crippen molar-refractivity contribution in [3.63, 3.8) is 0 Å². The van der Waals surface area contributed by atoms with Gasteiger partial charge in [0.15, 0.2) is 0 Å². The third-order valence-corrected chi connectivity index (χ3v) is 8.60. The molecule has 1 aliphatic rings. The maximum atomic E-state index is 13.6. The van der Waals surface area contributed by atoms with Crippen molar-refractivity contribution in [1.82, 2.24) is 4.31 Å². The second-order valence-electron chi connectivity index (χ2n) is 8.18. The number of nitrogens with zero attached hydrogens (tertiary/aromatic N) is 2.